The minimum Gasteiger partial charge on any atom is -0.484 e. The normalized spacial score (nSPS) is 11.1. The van der Waals surface area contributed by atoms with Gasteiger partial charge in [-0.2, -0.15) is 4.98 Å². The third-order valence-corrected chi connectivity index (χ3v) is 4.65. The summed E-state index contributed by atoms with van der Waals surface area (Å²) in [7, 11) is 0. The molecule has 9 heteroatoms. The SMILES string of the molecule is Cc1cc(Cn2ccnc2)ccc1-c1noc(-c2ccc(OC(C)C)c([N+](=O)[O-])c2)n1. The van der Waals surface area contributed by atoms with Crippen LogP contribution in [0.1, 0.15) is 25.0 Å². The molecule has 4 rings (SSSR count). The first-order valence-electron chi connectivity index (χ1n) is 9.75. The summed E-state index contributed by atoms with van der Waals surface area (Å²) in [5.74, 6) is 0.829. The number of aromatic nitrogens is 4. The van der Waals surface area contributed by atoms with Gasteiger partial charge in [0.25, 0.3) is 5.89 Å². The third-order valence-electron chi connectivity index (χ3n) is 4.65. The first-order chi connectivity index (χ1) is 14.9. The highest BCUT2D eigenvalue weighted by Crippen LogP contribution is 2.33. The van der Waals surface area contributed by atoms with Crippen molar-refractivity contribution >= 4 is 5.69 Å². The lowest BCUT2D eigenvalue weighted by Gasteiger charge is -2.10. The summed E-state index contributed by atoms with van der Waals surface area (Å²) < 4.78 is 12.9. The van der Waals surface area contributed by atoms with Crippen molar-refractivity contribution in [3.63, 3.8) is 0 Å². The highest BCUT2D eigenvalue weighted by Gasteiger charge is 2.20. The largest absolute Gasteiger partial charge is 0.484 e. The van der Waals surface area contributed by atoms with Gasteiger partial charge in [0.15, 0.2) is 5.75 Å². The first-order valence-corrected chi connectivity index (χ1v) is 9.75. The van der Waals surface area contributed by atoms with E-state index in [1.165, 1.54) is 6.07 Å². The molecular weight excluding hydrogens is 398 g/mol. The average molecular weight is 419 g/mol. The van der Waals surface area contributed by atoms with Crippen molar-refractivity contribution in [2.75, 3.05) is 0 Å². The molecule has 9 nitrogen and oxygen atoms in total. The maximum absolute atomic E-state index is 11.5. The molecule has 2 aromatic heterocycles. The minimum atomic E-state index is -0.484. The second kappa shape index (κ2) is 8.39. The van der Waals surface area contributed by atoms with E-state index in [0.29, 0.717) is 17.9 Å². The van der Waals surface area contributed by atoms with Crippen LogP contribution >= 0.6 is 0 Å². The van der Waals surface area contributed by atoms with Crippen molar-refractivity contribution in [3.8, 4) is 28.6 Å². The summed E-state index contributed by atoms with van der Waals surface area (Å²) >= 11 is 0. The number of nitro benzene ring substituents is 1. The van der Waals surface area contributed by atoms with Crippen LogP contribution in [-0.4, -0.2) is 30.7 Å². The molecule has 0 amide bonds. The number of nitro groups is 1. The Morgan fingerprint density at radius 1 is 1.23 bits per heavy atom. The smallest absolute Gasteiger partial charge is 0.311 e. The van der Waals surface area contributed by atoms with Crippen molar-refractivity contribution in [2.45, 2.75) is 33.4 Å². The molecule has 0 N–H and O–H groups in total. The standard InChI is InChI=1S/C22H21N5O4/c1-14(2)30-20-7-5-17(11-19(20)27(28)29)22-24-21(25-31-22)18-6-4-16(10-15(18)3)12-26-9-8-23-13-26/h4-11,13-14H,12H2,1-3H3. The molecule has 2 aromatic carbocycles. The van der Waals surface area contributed by atoms with Gasteiger partial charge in [-0.05, 0) is 44.0 Å². The predicted octanol–water partition coefficient (Wildman–Crippen LogP) is 4.65. The van der Waals surface area contributed by atoms with Gasteiger partial charge in [0, 0.05) is 36.1 Å². The average Bonchev–Trinajstić information content (AvgIpc) is 3.40. The molecule has 0 bridgehead atoms. The van der Waals surface area contributed by atoms with E-state index in [9.17, 15) is 10.1 Å². The lowest BCUT2D eigenvalue weighted by molar-refractivity contribution is -0.386. The van der Waals surface area contributed by atoms with Crippen molar-refractivity contribution in [1.29, 1.82) is 0 Å². The number of aryl methyl sites for hydroxylation is 1. The van der Waals surface area contributed by atoms with Crippen LogP contribution in [0.3, 0.4) is 0 Å². The summed E-state index contributed by atoms with van der Waals surface area (Å²) in [5.41, 5.74) is 3.26. The number of ether oxygens (including phenoxy) is 1. The fourth-order valence-electron chi connectivity index (χ4n) is 3.26. The Bertz CT molecular complexity index is 1210. The highest BCUT2D eigenvalue weighted by atomic mass is 16.6. The van der Waals surface area contributed by atoms with E-state index in [1.807, 2.05) is 43.7 Å². The van der Waals surface area contributed by atoms with Gasteiger partial charge >= 0.3 is 5.69 Å². The Morgan fingerprint density at radius 3 is 2.74 bits per heavy atom. The number of hydrogen-bond acceptors (Lipinski definition) is 7. The molecule has 0 unspecified atom stereocenters. The Kier molecular flexibility index (Phi) is 5.48. The molecule has 0 fully saturated rings. The summed E-state index contributed by atoms with van der Waals surface area (Å²) in [6.45, 7) is 6.31. The zero-order valence-electron chi connectivity index (χ0n) is 17.3. The van der Waals surface area contributed by atoms with Gasteiger partial charge in [-0.15, -0.1) is 0 Å². The van der Waals surface area contributed by atoms with Crippen LogP contribution in [0.15, 0.2) is 59.6 Å². The molecule has 0 saturated heterocycles. The van der Waals surface area contributed by atoms with E-state index < -0.39 is 4.92 Å². The maximum Gasteiger partial charge on any atom is 0.311 e. The molecule has 0 spiro atoms. The monoisotopic (exact) mass is 419 g/mol. The quantitative estimate of drug-likeness (QED) is 0.317. The number of rotatable bonds is 7. The number of hydrogen-bond donors (Lipinski definition) is 0. The number of imidazole rings is 1. The summed E-state index contributed by atoms with van der Waals surface area (Å²) in [4.78, 5) is 19.5. The van der Waals surface area contributed by atoms with Crippen LogP contribution in [0.4, 0.5) is 5.69 Å². The van der Waals surface area contributed by atoms with Crippen LogP contribution in [-0.2, 0) is 6.54 Å². The zero-order chi connectivity index (χ0) is 22.0. The molecular formula is C22H21N5O4. The predicted molar refractivity (Wildman–Crippen MR) is 114 cm³/mol. The van der Waals surface area contributed by atoms with Gasteiger partial charge in [-0.3, -0.25) is 10.1 Å². The van der Waals surface area contributed by atoms with Crippen LogP contribution in [0.2, 0.25) is 0 Å². The Hall–Kier alpha value is -4.01. The molecule has 2 heterocycles. The van der Waals surface area contributed by atoms with Crippen LogP contribution < -0.4 is 4.74 Å². The summed E-state index contributed by atoms with van der Waals surface area (Å²) in [6.07, 6.45) is 5.24. The second-order valence-electron chi connectivity index (χ2n) is 7.41. The van der Waals surface area contributed by atoms with Crippen LogP contribution in [0.5, 0.6) is 5.75 Å². The minimum absolute atomic E-state index is 0.147. The van der Waals surface area contributed by atoms with E-state index >= 15 is 0 Å². The second-order valence-corrected chi connectivity index (χ2v) is 7.41. The summed E-state index contributed by atoms with van der Waals surface area (Å²) in [5, 5.41) is 15.5. The fourth-order valence-corrected chi connectivity index (χ4v) is 3.26. The Labute approximate surface area is 178 Å². The van der Waals surface area contributed by atoms with Gasteiger partial charge in [0.2, 0.25) is 5.82 Å². The third kappa shape index (κ3) is 4.45. The van der Waals surface area contributed by atoms with E-state index in [4.69, 9.17) is 9.26 Å². The molecule has 0 radical (unpaired) electrons. The van der Waals surface area contributed by atoms with Crippen molar-refractivity contribution in [2.24, 2.45) is 0 Å². The van der Waals surface area contributed by atoms with Gasteiger partial charge in [0.1, 0.15) is 0 Å². The molecule has 31 heavy (non-hydrogen) atoms. The van der Waals surface area contributed by atoms with E-state index in [0.717, 1.165) is 16.7 Å². The molecule has 4 aromatic rings. The molecule has 0 aliphatic carbocycles. The Morgan fingerprint density at radius 2 is 2.06 bits per heavy atom. The van der Waals surface area contributed by atoms with E-state index in [1.54, 1.807) is 24.7 Å². The van der Waals surface area contributed by atoms with Gasteiger partial charge in [-0.1, -0.05) is 23.4 Å². The van der Waals surface area contributed by atoms with Gasteiger partial charge in [-0.25, -0.2) is 4.98 Å². The molecule has 158 valence electrons. The lowest BCUT2D eigenvalue weighted by atomic mass is 10.0. The van der Waals surface area contributed by atoms with Crippen molar-refractivity contribution in [1.82, 2.24) is 19.7 Å². The van der Waals surface area contributed by atoms with Crippen LogP contribution in [0, 0.1) is 17.0 Å². The highest BCUT2D eigenvalue weighted by molar-refractivity contribution is 5.66. The number of benzene rings is 2. The zero-order valence-corrected chi connectivity index (χ0v) is 17.3. The molecule has 0 aliphatic heterocycles. The number of nitrogens with zero attached hydrogens (tertiary/aromatic N) is 5. The maximum atomic E-state index is 11.5. The van der Waals surface area contributed by atoms with Crippen LogP contribution in [0.25, 0.3) is 22.8 Å². The molecule has 0 aliphatic rings. The van der Waals surface area contributed by atoms with Gasteiger partial charge in [0.05, 0.1) is 17.4 Å². The van der Waals surface area contributed by atoms with Crippen molar-refractivity contribution in [3.05, 3.63) is 76.4 Å². The van der Waals surface area contributed by atoms with E-state index in [-0.39, 0.29) is 23.4 Å². The van der Waals surface area contributed by atoms with E-state index in [2.05, 4.69) is 21.2 Å². The molecule has 0 atom stereocenters. The fraction of sp³-hybridized carbons (Fsp3) is 0.227. The lowest BCUT2D eigenvalue weighted by Crippen LogP contribution is -2.07. The van der Waals surface area contributed by atoms with Gasteiger partial charge < -0.3 is 13.8 Å². The Balaban J connectivity index is 1.61. The molecule has 0 saturated carbocycles. The summed E-state index contributed by atoms with van der Waals surface area (Å²) in [6, 6.07) is 10.6. The van der Waals surface area contributed by atoms with Crippen molar-refractivity contribution < 1.29 is 14.2 Å². The first kappa shape index (κ1) is 20.3. The topological polar surface area (TPSA) is 109 Å².